The third kappa shape index (κ3) is 16.6. The lowest BCUT2D eigenvalue weighted by atomic mass is 10.2. The first-order valence-corrected chi connectivity index (χ1v) is 15.8. The average molecular weight is 613 g/mol. The molecule has 11 nitrogen and oxygen atoms in total. The van der Waals surface area contributed by atoms with Crippen LogP contribution in [0.3, 0.4) is 0 Å². The Morgan fingerprint density at radius 3 is 2.20 bits per heavy atom. The van der Waals surface area contributed by atoms with Gasteiger partial charge in [-0.15, -0.1) is 0 Å². The van der Waals surface area contributed by atoms with Gasteiger partial charge in [0.25, 0.3) is 10.1 Å². The maximum absolute atomic E-state index is 11.9. The molecular formula is C28H48N6O5S2. The molecular weight excluding hydrogens is 564 g/mol. The van der Waals surface area contributed by atoms with Crippen LogP contribution in [-0.2, 0) is 36.1 Å². The number of para-hydroxylation sites is 1. The number of nitrogens with zero attached hydrogens (tertiary/aromatic N) is 5. The molecule has 0 fully saturated rings. The van der Waals surface area contributed by atoms with E-state index in [9.17, 15) is 12.6 Å². The van der Waals surface area contributed by atoms with E-state index in [2.05, 4.69) is 43.9 Å². The van der Waals surface area contributed by atoms with Gasteiger partial charge in [-0.1, -0.05) is 59.7 Å². The molecule has 41 heavy (non-hydrogen) atoms. The van der Waals surface area contributed by atoms with E-state index in [-0.39, 0.29) is 21.9 Å². The van der Waals surface area contributed by atoms with Crippen LogP contribution >= 0.6 is 0 Å². The van der Waals surface area contributed by atoms with Crippen molar-refractivity contribution in [1.29, 1.82) is 5.26 Å². The molecule has 1 atom stereocenters. The van der Waals surface area contributed by atoms with Gasteiger partial charge in [0, 0.05) is 32.5 Å². The minimum atomic E-state index is -3.90. The average Bonchev–Trinajstić information content (AvgIpc) is 3.03. The lowest BCUT2D eigenvalue weighted by Crippen LogP contribution is -2.14. The van der Waals surface area contributed by atoms with E-state index in [1.807, 2.05) is 59.7 Å². The SMILES string of the molecule is CC.CC.CC.CCNc1ccccc1CN=NC.COS(=O)c1ccc(S(=O)(=O)OC)cc1N(C)/N=C\CC#N. The normalized spacial score (nSPS) is 10.8. The topological polar surface area (TPSA) is 146 Å². The van der Waals surface area contributed by atoms with Gasteiger partial charge >= 0.3 is 0 Å². The van der Waals surface area contributed by atoms with Gasteiger partial charge in [-0.2, -0.15) is 29.0 Å². The Morgan fingerprint density at radius 2 is 1.68 bits per heavy atom. The molecule has 2 aromatic rings. The van der Waals surface area contributed by atoms with Crippen LogP contribution in [0, 0.1) is 11.3 Å². The Labute approximate surface area is 250 Å². The van der Waals surface area contributed by atoms with Crippen molar-refractivity contribution < 1.29 is 21.0 Å². The zero-order chi connectivity index (χ0) is 32.3. The summed E-state index contributed by atoms with van der Waals surface area (Å²) in [6, 6.07) is 13.9. The number of hydrogen-bond donors (Lipinski definition) is 1. The third-order valence-electron chi connectivity index (χ3n) is 4.32. The number of nitriles is 1. The predicted octanol–water partition coefficient (Wildman–Crippen LogP) is 6.81. The van der Waals surface area contributed by atoms with E-state index in [4.69, 9.17) is 9.44 Å². The van der Waals surface area contributed by atoms with Crippen LogP contribution in [0.5, 0.6) is 0 Å². The minimum Gasteiger partial charge on any atom is -0.385 e. The summed E-state index contributed by atoms with van der Waals surface area (Å²) in [7, 11) is 1.63. The molecule has 13 heteroatoms. The van der Waals surface area contributed by atoms with E-state index in [0.717, 1.165) is 19.3 Å². The van der Waals surface area contributed by atoms with Crippen molar-refractivity contribution in [2.24, 2.45) is 15.3 Å². The summed E-state index contributed by atoms with van der Waals surface area (Å²) in [6.45, 7) is 15.7. The van der Waals surface area contributed by atoms with Crippen molar-refractivity contribution in [1.82, 2.24) is 0 Å². The minimum absolute atomic E-state index is 0.0864. The molecule has 0 heterocycles. The molecule has 0 aliphatic carbocycles. The molecule has 2 rings (SSSR count). The first-order chi connectivity index (χ1) is 19.7. The van der Waals surface area contributed by atoms with Crippen molar-refractivity contribution in [2.45, 2.75) is 71.2 Å². The lowest BCUT2D eigenvalue weighted by Gasteiger charge is -2.17. The molecule has 0 bridgehead atoms. The van der Waals surface area contributed by atoms with E-state index in [1.54, 1.807) is 7.05 Å². The van der Waals surface area contributed by atoms with Crippen molar-refractivity contribution >= 4 is 38.8 Å². The second-order valence-corrected chi connectivity index (χ2v) is 9.48. The van der Waals surface area contributed by atoms with Gasteiger partial charge in [0.05, 0.1) is 48.7 Å². The third-order valence-corrected chi connectivity index (χ3v) is 6.60. The van der Waals surface area contributed by atoms with Gasteiger partial charge in [0.2, 0.25) is 0 Å². The zero-order valence-corrected chi connectivity index (χ0v) is 28.0. The van der Waals surface area contributed by atoms with Crippen LogP contribution in [0.15, 0.2) is 67.6 Å². The molecule has 232 valence electrons. The highest BCUT2D eigenvalue weighted by atomic mass is 32.2. The Kier molecular flexibility index (Phi) is 27.9. The molecule has 2 aromatic carbocycles. The van der Waals surface area contributed by atoms with Gasteiger partial charge in [0.1, 0.15) is 0 Å². The fraction of sp³-hybridized carbons (Fsp3) is 0.500. The Morgan fingerprint density at radius 1 is 1.07 bits per heavy atom. The van der Waals surface area contributed by atoms with Crippen molar-refractivity contribution in [3.8, 4) is 6.07 Å². The number of rotatable bonds is 11. The lowest BCUT2D eigenvalue weighted by molar-refractivity contribution is 0.397. The van der Waals surface area contributed by atoms with Crippen LogP contribution in [0.4, 0.5) is 11.4 Å². The molecule has 0 radical (unpaired) electrons. The Bertz CT molecular complexity index is 1180. The van der Waals surface area contributed by atoms with Gasteiger partial charge in [-0.25, -0.2) is 4.21 Å². The molecule has 0 aliphatic rings. The van der Waals surface area contributed by atoms with E-state index in [1.165, 1.54) is 49.1 Å². The molecule has 0 saturated carbocycles. The van der Waals surface area contributed by atoms with Crippen molar-refractivity contribution in [2.75, 3.05) is 45.2 Å². The standard InChI is InChI=1S/C12H15N3O5S2.C10H15N3.3C2H6/c1-15(14-8-4-7-13)11-9-10(22(17,18)20-3)5-6-12(11)21(16)19-2;1-3-12-10-7-5-4-6-9(10)8-13-11-2;3*1-2/h5-6,8-9H,4H2,1-3H3;4-7,12H,3,8H2,1-2H3;3*1-2H3/b14-8-;;;;. The van der Waals surface area contributed by atoms with E-state index in [0.29, 0.717) is 6.54 Å². The maximum Gasteiger partial charge on any atom is 0.296 e. The number of hydrazone groups is 1. The fourth-order valence-electron chi connectivity index (χ4n) is 2.67. The molecule has 0 spiro atoms. The Hall–Kier alpha value is -3.18. The fourth-order valence-corrected chi connectivity index (χ4v) is 4.07. The maximum atomic E-state index is 11.9. The summed E-state index contributed by atoms with van der Waals surface area (Å²) >= 11 is -1.78. The quantitative estimate of drug-likeness (QED) is 0.126. The first-order valence-electron chi connectivity index (χ1n) is 13.4. The van der Waals surface area contributed by atoms with Crippen molar-refractivity contribution in [3.05, 3.63) is 48.0 Å². The van der Waals surface area contributed by atoms with Crippen LogP contribution < -0.4 is 10.3 Å². The number of nitrogens with one attached hydrogen (secondary N) is 1. The number of anilines is 2. The summed E-state index contributed by atoms with van der Waals surface area (Å²) in [5.74, 6) is 0. The highest BCUT2D eigenvalue weighted by Crippen LogP contribution is 2.28. The van der Waals surface area contributed by atoms with Crippen LogP contribution in [0.25, 0.3) is 0 Å². The largest absolute Gasteiger partial charge is 0.385 e. The van der Waals surface area contributed by atoms with Gasteiger partial charge < -0.3 is 5.32 Å². The molecule has 0 amide bonds. The molecule has 1 N–H and O–H groups in total. The molecule has 0 saturated heterocycles. The van der Waals surface area contributed by atoms with Crippen LogP contribution in [0.1, 0.15) is 60.5 Å². The first kappa shape index (κ1) is 42.3. The van der Waals surface area contributed by atoms with E-state index < -0.39 is 21.2 Å². The monoisotopic (exact) mass is 612 g/mol. The highest BCUT2D eigenvalue weighted by molar-refractivity contribution is 7.86. The second kappa shape index (κ2) is 27.0. The van der Waals surface area contributed by atoms with Crippen LogP contribution in [0.2, 0.25) is 0 Å². The summed E-state index contributed by atoms with van der Waals surface area (Å²) in [4.78, 5) is 0.137. The molecule has 0 aromatic heterocycles. The zero-order valence-electron chi connectivity index (χ0n) is 26.3. The summed E-state index contributed by atoms with van der Waals surface area (Å²) in [5, 5.41) is 24.7. The number of azo groups is 1. The Balaban J connectivity index is -0.000000646. The van der Waals surface area contributed by atoms with Crippen LogP contribution in [-0.4, -0.2) is 53.7 Å². The van der Waals surface area contributed by atoms with Gasteiger partial charge in [-0.05, 0) is 36.8 Å². The second-order valence-electron chi connectivity index (χ2n) is 6.52. The number of hydrogen-bond acceptors (Lipinski definition) is 11. The summed E-state index contributed by atoms with van der Waals surface area (Å²) < 4.78 is 44.6. The smallest absolute Gasteiger partial charge is 0.296 e. The molecule has 1 unspecified atom stereocenters. The molecule has 0 aliphatic heterocycles. The van der Waals surface area contributed by atoms with E-state index >= 15 is 0 Å². The summed E-state index contributed by atoms with van der Waals surface area (Å²) in [6.07, 6.45) is 1.43. The van der Waals surface area contributed by atoms with Crippen molar-refractivity contribution in [3.63, 3.8) is 0 Å². The predicted molar refractivity (Wildman–Crippen MR) is 170 cm³/mol. The summed E-state index contributed by atoms with van der Waals surface area (Å²) in [5.41, 5.74) is 2.60. The number of benzene rings is 2. The van der Waals surface area contributed by atoms with Gasteiger partial charge in [0.15, 0.2) is 11.1 Å². The van der Waals surface area contributed by atoms with Gasteiger partial charge in [-0.3, -0.25) is 13.4 Å². The highest BCUT2D eigenvalue weighted by Gasteiger charge is 2.20.